The third-order valence-corrected chi connectivity index (χ3v) is 7.03. The van der Waals surface area contributed by atoms with E-state index in [-0.39, 0.29) is 55.4 Å². The highest BCUT2D eigenvalue weighted by atomic mass is 16.6. The van der Waals surface area contributed by atoms with E-state index in [4.69, 9.17) is 9.47 Å². The zero-order valence-electron chi connectivity index (χ0n) is 19.1. The zero-order valence-corrected chi connectivity index (χ0v) is 19.1. The highest BCUT2D eigenvalue weighted by Crippen LogP contribution is 2.47. The number of amides is 2. The van der Waals surface area contributed by atoms with Crippen LogP contribution in [-0.2, 0) is 20.7 Å². The lowest BCUT2D eigenvalue weighted by atomic mass is 9.84. The summed E-state index contributed by atoms with van der Waals surface area (Å²) in [5.41, 5.74) is 2.57. The Morgan fingerprint density at radius 1 is 1.09 bits per heavy atom. The average molecular weight is 466 g/mol. The van der Waals surface area contributed by atoms with Gasteiger partial charge in [-0.3, -0.25) is 14.6 Å². The van der Waals surface area contributed by atoms with Crippen LogP contribution < -0.4 is 15.4 Å². The fourth-order valence-electron chi connectivity index (χ4n) is 5.42. The largest absolute Gasteiger partial charge is 0.487 e. The van der Waals surface area contributed by atoms with Crippen molar-refractivity contribution in [2.24, 2.45) is 0 Å². The first-order valence-corrected chi connectivity index (χ1v) is 12.1. The van der Waals surface area contributed by atoms with Crippen LogP contribution in [0.5, 0.6) is 5.75 Å². The Kier molecular flexibility index (Phi) is 6.78. The van der Waals surface area contributed by atoms with Crippen LogP contribution >= 0.6 is 0 Å². The molecule has 180 valence electrons. The molecule has 1 aliphatic carbocycles. The van der Waals surface area contributed by atoms with Crippen LogP contribution in [0.25, 0.3) is 0 Å². The second kappa shape index (κ2) is 10.1. The molecule has 0 bridgehead atoms. The molecule has 1 aromatic carbocycles. The Balaban J connectivity index is 1.26. The van der Waals surface area contributed by atoms with E-state index in [0.717, 1.165) is 42.6 Å². The predicted octanol–water partition coefficient (Wildman–Crippen LogP) is 2.71. The van der Waals surface area contributed by atoms with Crippen molar-refractivity contribution in [1.82, 2.24) is 10.3 Å². The minimum atomic E-state index is -0.500. The molecule has 1 aromatic heterocycles. The molecule has 0 spiro atoms. The van der Waals surface area contributed by atoms with Gasteiger partial charge >= 0.3 is 0 Å². The maximum atomic E-state index is 12.6. The Hall–Kier alpha value is -2.97. The van der Waals surface area contributed by atoms with Crippen molar-refractivity contribution < 1.29 is 24.2 Å². The number of nitrogens with zero attached hydrogens (tertiary/aromatic N) is 1. The normalized spacial score (nSPS) is 25.8. The van der Waals surface area contributed by atoms with Crippen molar-refractivity contribution in [2.45, 2.75) is 75.2 Å². The number of carbonyl (C=O) groups excluding carboxylic acids is 2. The molecule has 3 N–H and O–H groups in total. The van der Waals surface area contributed by atoms with Crippen molar-refractivity contribution in [3.63, 3.8) is 0 Å². The molecule has 2 fully saturated rings. The van der Waals surface area contributed by atoms with Gasteiger partial charge in [-0.1, -0.05) is 12.8 Å². The third-order valence-electron chi connectivity index (χ3n) is 7.03. The minimum Gasteiger partial charge on any atom is -0.487 e. The van der Waals surface area contributed by atoms with Gasteiger partial charge in [0.25, 0.3) is 0 Å². The van der Waals surface area contributed by atoms with E-state index in [1.807, 2.05) is 30.3 Å². The number of pyridine rings is 1. The Bertz CT molecular complexity index is 1020. The predicted molar refractivity (Wildman–Crippen MR) is 126 cm³/mol. The van der Waals surface area contributed by atoms with Crippen LogP contribution in [0.3, 0.4) is 0 Å². The summed E-state index contributed by atoms with van der Waals surface area (Å²) in [5, 5.41) is 16.0. The molecule has 2 amide bonds. The molecule has 0 unspecified atom stereocenters. The highest BCUT2D eigenvalue weighted by Gasteiger charge is 2.46. The first-order chi connectivity index (χ1) is 16.6. The van der Waals surface area contributed by atoms with Gasteiger partial charge in [-0.05, 0) is 55.2 Å². The Morgan fingerprint density at radius 3 is 2.65 bits per heavy atom. The van der Waals surface area contributed by atoms with E-state index in [2.05, 4.69) is 15.6 Å². The lowest BCUT2D eigenvalue weighted by Gasteiger charge is -2.37. The van der Waals surface area contributed by atoms with Crippen molar-refractivity contribution >= 4 is 17.5 Å². The highest BCUT2D eigenvalue weighted by molar-refractivity contribution is 5.92. The van der Waals surface area contributed by atoms with Crippen LogP contribution in [0.2, 0.25) is 0 Å². The molecule has 3 heterocycles. The second-order valence-electron chi connectivity index (χ2n) is 9.49. The van der Waals surface area contributed by atoms with Crippen LogP contribution in [0, 0.1) is 0 Å². The lowest BCUT2D eigenvalue weighted by Crippen LogP contribution is -2.47. The fraction of sp³-hybridized carbons (Fsp3) is 0.500. The number of benzene rings is 1. The summed E-state index contributed by atoms with van der Waals surface area (Å²) in [4.78, 5) is 29.1. The van der Waals surface area contributed by atoms with E-state index in [0.29, 0.717) is 12.1 Å². The van der Waals surface area contributed by atoms with E-state index in [1.165, 1.54) is 0 Å². The van der Waals surface area contributed by atoms with E-state index < -0.39 is 6.10 Å². The Morgan fingerprint density at radius 2 is 1.88 bits per heavy atom. The number of aliphatic hydroxyl groups excluding tert-OH is 1. The third kappa shape index (κ3) is 5.08. The van der Waals surface area contributed by atoms with Gasteiger partial charge in [-0.15, -0.1) is 0 Å². The summed E-state index contributed by atoms with van der Waals surface area (Å²) in [6, 6.07) is 9.53. The van der Waals surface area contributed by atoms with E-state index in [1.54, 1.807) is 12.4 Å². The summed E-state index contributed by atoms with van der Waals surface area (Å²) in [6.07, 6.45) is 7.81. The summed E-state index contributed by atoms with van der Waals surface area (Å²) in [5.74, 6) is 0.620. The van der Waals surface area contributed by atoms with Crippen molar-refractivity contribution in [3.05, 3.63) is 53.9 Å². The van der Waals surface area contributed by atoms with Crippen LogP contribution in [0.1, 0.15) is 55.6 Å². The quantitative estimate of drug-likeness (QED) is 0.580. The van der Waals surface area contributed by atoms with Gasteiger partial charge in [-0.2, -0.15) is 0 Å². The number of anilines is 1. The topological polar surface area (TPSA) is 110 Å². The summed E-state index contributed by atoms with van der Waals surface area (Å²) in [6.45, 7) is -0.175. The smallest absolute Gasteiger partial charge is 0.228 e. The molecular formula is C26H31N3O5. The van der Waals surface area contributed by atoms with Gasteiger partial charge in [0.1, 0.15) is 18.0 Å². The molecule has 8 heteroatoms. The van der Waals surface area contributed by atoms with E-state index in [9.17, 15) is 14.7 Å². The van der Waals surface area contributed by atoms with Gasteiger partial charge in [0.05, 0.1) is 25.6 Å². The second-order valence-corrected chi connectivity index (χ2v) is 9.49. The molecule has 5 rings (SSSR count). The van der Waals surface area contributed by atoms with Crippen LogP contribution in [0.4, 0.5) is 5.69 Å². The van der Waals surface area contributed by atoms with Crippen LogP contribution in [-0.4, -0.2) is 52.9 Å². The van der Waals surface area contributed by atoms with Gasteiger partial charge in [-0.25, -0.2) is 0 Å². The average Bonchev–Trinajstić information content (AvgIpc) is 3.46. The number of hydrogen-bond donors (Lipinski definition) is 3. The maximum absolute atomic E-state index is 12.6. The van der Waals surface area contributed by atoms with Gasteiger partial charge in [0, 0.05) is 35.6 Å². The molecule has 8 nitrogen and oxygen atoms in total. The molecule has 3 aliphatic rings. The lowest BCUT2D eigenvalue weighted by molar-refractivity contribution is -0.142. The molecule has 2 aliphatic heterocycles. The minimum absolute atomic E-state index is 0.00306. The van der Waals surface area contributed by atoms with Gasteiger partial charge < -0.3 is 25.2 Å². The molecule has 2 aromatic rings. The van der Waals surface area contributed by atoms with Crippen molar-refractivity contribution in [3.8, 4) is 5.75 Å². The number of ether oxygens (including phenoxy) is 2. The van der Waals surface area contributed by atoms with Gasteiger partial charge in [0.2, 0.25) is 11.8 Å². The van der Waals surface area contributed by atoms with Crippen molar-refractivity contribution in [1.29, 1.82) is 0 Å². The molecule has 0 radical (unpaired) electrons. The monoisotopic (exact) mass is 465 g/mol. The standard InChI is InChI=1S/C26H31N3O5/c30-15-23-26-21(13-19(33-23)14-25(32)28-17-3-1-2-4-17)20-12-18(5-6-22(20)34-26)29-24(31)11-16-7-9-27-10-8-16/h5-10,12,17,19,21,23,26,30H,1-4,11,13-15H2,(H,28,32)(H,29,31)/t19-,21+,23-,26-/m0/s1. The number of hydrogen-bond acceptors (Lipinski definition) is 6. The maximum Gasteiger partial charge on any atom is 0.228 e. The van der Waals surface area contributed by atoms with E-state index >= 15 is 0 Å². The number of carbonyl (C=O) groups is 2. The number of nitrogens with one attached hydrogen (secondary N) is 2. The van der Waals surface area contributed by atoms with Gasteiger partial charge in [0.15, 0.2) is 0 Å². The fourth-order valence-corrected chi connectivity index (χ4v) is 5.42. The molecule has 1 saturated heterocycles. The summed E-state index contributed by atoms with van der Waals surface area (Å²) >= 11 is 0. The Labute approximate surface area is 199 Å². The molecule has 1 saturated carbocycles. The summed E-state index contributed by atoms with van der Waals surface area (Å²) < 4.78 is 12.2. The zero-order chi connectivity index (χ0) is 23.5. The molecule has 4 atom stereocenters. The number of rotatable bonds is 7. The summed E-state index contributed by atoms with van der Waals surface area (Å²) in [7, 11) is 0. The van der Waals surface area contributed by atoms with Crippen molar-refractivity contribution in [2.75, 3.05) is 11.9 Å². The molecular weight excluding hydrogens is 434 g/mol. The SMILES string of the molecule is O=C(Cc1ccncc1)Nc1ccc2c(c1)[C@H]1C[C@@H](CC(=O)NC3CCCC3)O[C@@H](CO)[C@H]1O2. The number of fused-ring (bicyclic) bond motifs is 3. The molecule has 34 heavy (non-hydrogen) atoms. The van der Waals surface area contributed by atoms with Crippen LogP contribution in [0.15, 0.2) is 42.7 Å². The first-order valence-electron chi connectivity index (χ1n) is 12.1. The number of aromatic nitrogens is 1. The first kappa shape index (κ1) is 22.8. The number of aliphatic hydroxyl groups is 1.